The predicted molar refractivity (Wildman–Crippen MR) is 82.0 cm³/mol. The lowest BCUT2D eigenvalue weighted by Gasteiger charge is -2.36. The molecule has 2 amide bonds. The number of nitrogens with zero attached hydrogens (tertiary/aromatic N) is 1. The zero-order valence-corrected chi connectivity index (χ0v) is 12.5. The molecular weight excluding hydrogens is 269 g/mol. The Morgan fingerprint density at radius 1 is 1.33 bits per heavy atom. The largest absolute Gasteiger partial charge is 0.336 e. The summed E-state index contributed by atoms with van der Waals surface area (Å²) in [5, 5.41) is 5.41. The molecular formula is C16H24FN3O. The lowest BCUT2D eigenvalue weighted by atomic mass is 10.0. The molecule has 1 saturated heterocycles. The summed E-state index contributed by atoms with van der Waals surface area (Å²) in [5.41, 5.74) is 1.32. The number of hydrogen-bond donors (Lipinski definition) is 2. The molecule has 1 fully saturated rings. The average Bonchev–Trinajstić information content (AvgIpc) is 2.54. The summed E-state index contributed by atoms with van der Waals surface area (Å²) in [5.74, 6) is 0. The van der Waals surface area contributed by atoms with Gasteiger partial charge in [-0.3, -0.25) is 4.90 Å². The number of nitrogens with one attached hydrogen (secondary N) is 2. The molecule has 1 heterocycles. The Morgan fingerprint density at radius 2 is 2.00 bits per heavy atom. The Labute approximate surface area is 125 Å². The van der Waals surface area contributed by atoms with Crippen molar-refractivity contribution in [2.75, 3.05) is 26.3 Å². The molecule has 0 unspecified atom stereocenters. The molecule has 4 nitrogen and oxygen atoms in total. The number of piperidine rings is 1. The Bertz CT molecular complexity index is 432. The number of likely N-dealkylation sites (tertiary alicyclic amines) is 1. The molecule has 0 aliphatic carbocycles. The van der Waals surface area contributed by atoms with Crippen LogP contribution in [-0.4, -0.2) is 43.3 Å². The van der Waals surface area contributed by atoms with Gasteiger partial charge in [-0.25, -0.2) is 9.18 Å². The van der Waals surface area contributed by atoms with Crippen LogP contribution in [0.25, 0.3) is 0 Å². The van der Waals surface area contributed by atoms with Crippen LogP contribution in [0.2, 0.25) is 0 Å². The number of hydrogen-bond acceptors (Lipinski definition) is 2. The molecule has 1 atom stereocenters. The third-order valence-electron chi connectivity index (χ3n) is 4.07. The van der Waals surface area contributed by atoms with Crippen molar-refractivity contribution in [1.29, 1.82) is 0 Å². The van der Waals surface area contributed by atoms with Gasteiger partial charge in [0.1, 0.15) is 6.67 Å². The van der Waals surface area contributed by atoms with Crippen molar-refractivity contribution in [1.82, 2.24) is 15.5 Å². The van der Waals surface area contributed by atoms with Crippen molar-refractivity contribution in [2.45, 2.75) is 31.8 Å². The monoisotopic (exact) mass is 293 g/mol. The topological polar surface area (TPSA) is 44.4 Å². The molecule has 116 valence electrons. The molecule has 0 radical (unpaired) electrons. The normalized spacial score (nSPS) is 18.2. The first kappa shape index (κ1) is 15.8. The maximum atomic E-state index is 12.0. The van der Waals surface area contributed by atoms with Crippen LogP contribution in [0.4, 0.5) is 9.18 Å². The molecule has 1 aromatic carbocycles. The quantitative estimate of drug-likeness (QED) is 0.876. The van der Waals surface area contributed by atoms with E-state index in [9.17, 15) is 9.18 Å². The molecule has 1 aromatic rings. The summed E-state index contributed by atoms with van der Waals surface area (Å²) in [7, 11) is 0. The minimum atomic E-state index is -0.527. The summed E-state index contributed by atoms with van der Waals surface area (Å²) in [6.45, 7) is 3.70. The predicted octanol–water partition coefficient (Wildman–Crippen LogP) is 2.48. The van der Waals surface area contributed by atoms with Gasteiger partial charge in [-0.15, -0.1) is 0 Å². The Morgan fingerprint density at radius 3 is 2.62 bits per heavy atom. The van der Waals surface area contributed by atoms with Crippen LogP contribution in [0.3, 0.4) is 0 Å². The van der Waals surface area contributed by atoms with E-state index < -0.39 is 6.67 Å². The van der Waals surface area contributed by atoms with Gasteiger partial charge in [0.2, 0.25) is 0 Å². The Kier molecular flexibility index (Phi) is 5.99. The van der Waals surface area contributed by atoms with E-state index in [-0.39, 0.29) is 18.6 Å². The van der Waals surface area contributed by atoms with Crippen molar-refractivity contribution in [3.63, 3.8) is 0 Å². The van der Waals surface area contributed by atoms with Gasteiger partial charge in [-0.05, 0) is 25.3 Å². The van der Waals surface area contributed by atoms with Crippen LogP contribution < -0.4 is 10.6 Å². The van der Waals surface area contributed by atoms with Gasteiger partial charge in [-0.2, -0.15) is 0 Å². The zero-order valence-electron chi connectivity index (χ0n) is 12.5. The van der Waals surface area contributed by atoms with Gasteiger partial charge in [0.25, 0.3) is 0 Å². The van der Waals surface area contributed by atoms with E-state index in [4.69, 9.17) is 0 Å². The van der Waals surface area contributed by atoms with E-state index >= 15 is 0 Å². The van der Waals surface area contributed by atoms with E-state index in [0.29, 0.717) is 6.04 Å². The number of urea groups is 1. The maximum Gasteiger partial charge on any atom is 0.315 e. The summed E-state index contributed by atoms with van der Waals surface area (Å²) >= 11 is 0. The molecule has 2 rings (SSSR count). The van der Waals surface area contributed by atoms with Crippen LogP contribution in [0.5, 0.6) is 0 Å². The van der Waals surface area contributed by atoms with Crippen LogP contribution in [-0.2, 0) is 0 Å². The summed E-state index contributed by atoms with van der Waals surface area (Å²) in [4.78, 5) is 13.9. The second kappa shape index (κ2) is 7.98. The zero-order chi connectivity index (χ0) is 15.1. The standard InChI is InChI=1S/C16H24FN3O/c1-13(14-5-3-2-4-6-14)20-11-7-15(8-12-20)19-16(21)18-10-9-17/h2-6,13,15H,7-12H2,1H3,(H2,18,19,21)/t13-/m1/s1. The van der Waals surface area contributed by atoms with Crippen LogP contribution in [0.1, 0.15) is 31.4 Å². The molecule has 1 aliphatic heterocycles. The Hall–Kier alpha value is -1.62. The molecule has 5 heteroatoms. The number of amides is 2. The van der Waals surface area contributed by atoms with Gasteiger partial charge < -0.3 is 10.6 Å². The van der Waals surface area contributed by atoms with Gasteiger partial charge in [-0.1, -0.05) is 30.3 Å². The van der Waals surface area contributed by atoms with Crippen molar-refractivity contribution >= 4 is 6.03 Å². The SMILES string of the molecule is C[C@H](c1ccccc1)N1CCC(NC(=O)NCCF)CC1. The van der Waals surface area contributed by atoms with Crippen molar-refractivity contribution in [2.24, 2.45) is 0 Å². The lowest BCUT2D eigenvalue weighted by molar-refractivity contribution is 0.153. The van der Waals surface area contributed by atoms with E-state index in [1.165, 1.54) is 5.56 Å². The highest BCUT2D eigenvalue weighted by Crippen LogP contribution is 2.23. The first-order valence-electron chi connectivity index (χ1n) is 7.60. The van der Waals surface area contributed by atoms with E-state index in [1.807, 2.05) is 6.07 Å². The first-order chi connectivity index (χ1) is 10.2. The van der Waals surface area contributed by atoms with Crippen LogP contribution in [0, 0.1) is 0 Å². The summed E-state index contributed by atoms with van der Waals surface area (Å²) < 4.78 is 12.0. The number of carbonyl (C=O) groups is 1. The molecule has 21 heavy (non-hydrogen) atoms. The molecule has 2 N–H and O–H groups in total. The fourth-order valence-corrected chi connectivity index (χ4v) is 2.77. The molecule has 0 aromatic heterocycles. The van der Waals surface area contributed by atoms with E-state index in [0.717, 1.165) is 25.9 Å². The second-order valence-electron chi connectivity index (χ2n) is 5.49. The third kappa shape index (κ3) is 4.70. The molecule has 0 saturated carbocycles. The van der Waals surface area contributed by atoms with Crippen molar-refractivity contribution in [3.05, 3.63) is 35.9 Å². The minimum absolute atomic E-state index is 0.0791. The van der Waals surface area contributed by atoms with Crippen LogP contribution in [0.15, 0.2) is 30.3 Å². The van der Waals surface area contributed by atoms with E-state index in [1.54, 1.807) is 0 Å². The molecule has 0 spiro atoms. The number of rotatable bonds is 5. The van der Waals surface area contributed by atoms with Gasteiger partial charge in [0.05, 0.1) is 0 Å². The summed E-state index contributed by atoms with van der Waals surface area (Å²) in [6, 6.07) is 10.8. The van der Waals surface area contributed by atoms with Crippen LogP contribution >= 0.6 is 0 Å². The fraction of sp³-hybridized carbons (Fsp3) is 0.562. The van der Waals surface area contributed by atoms with E-state index in [2.05, 4.69) is 46.7 Å². The first-order valence-corrected chi connectivity index (χ1v) is 7.60. The minimum Gasteiger partial charge on any atom is -0.336 e. The third-order valence-corrected chi connectivity index (χ3v) is 4.07. The highest BCUT2D eigenvalue weighted by atomic mass is 19.1. The van der Waals surface area contributed by atoms with Gasteiger partial charge in [0.15, 0.2) is 0 Å². The average molecular weight is 293 g/mol. The summed E-state index contributed by atoms with van der Waals surface area (Å²) in [6.07, 6.45) is 1.86. The fourth-order valence-electron chi connectivity index (χ4n) is 2.77. The molecule has 1 aliphatic rings. The van der Waals surface area contributed by atoms with Gasteiger partial charge in [0, 0.05) is 31.7 Å². The van der Waals surface area contributed by atoms with Crippen molar-refractivity contribution in [3.8, 4) is 0 Å². The maximum absolute atomic E-state index is 12.0. The smallest absolute Gasteiger partial charge is 0.315 e. The number of halogens is 1. The van der Waals surface area contributed by atoms with Gasteiger partial charge >= 0.3 is 6.03 Å². The second-order valence-corrected chi connectivity index (χ2v) is 5.49. The highest BCUT2D eigenvalue weighted by molar-refractivity contribution is 5.74. The number of alkyl halides is 1. The highest BCUT2D eigenvalue weighted by Gasteiger charge is 2.24. The Balaban J connectivity index is 1.76. The number of benzene rings is 1. The number of carbonyl (C=O) groups excluding carboxylic acids is 1. The van der Waals surface area contributed by atoms with Crippen molar-refractivity contribution < 1.29 is 9.18 Å². The lowest BCUT2D eigenvalue weighted by Crippen LogP contribution is -2.48. The molecule has 0 bridgehead atoms.